The van der Waals surface area contributed by atoms with Crippen LogP contribution in [0.4, 0.5) is 5.82 Å². The number of hydrogen-bond donors (Lipinski definition) is 2. The summed E-state index contributed by atoms with van der Waals surface area (Å²) < 4.78 is 11.8. The molecule has 3 heterocycles. The van der Waals surface area contributed by atoms with Crippen molar-refractivity contribution in [2.75, 3.05) is 19.0 Å². The Hall–Kier alpha value is -2.74. The Balaban J connectivity index is 1.83. The Morgan fingerprint density at radius 1 is 1.61 bits per heavy atom. The number of carbonyl (C=O) groups excluding carboxylic acids is 2. The first-order chi connectivity index (χ1) is 13.4. The maximum Gasteiger partial charge on any atom is 0.306 e. The van der Waals surface area contributed by atoms with Crippen molar-refractivity contribution in [3.05, 3.63) is 11.6 Å². The predicted octanol–water partition coefficient (Wildman–Crippen LogP) is 0.525. The van der Waals surface area contributed by atoms with Gasteiger partial charge in [0.2, 0.25) is 5.28 Å². The number of terminal acetylenes is 1. The lowest BCUT2D eigenvalue weighted by molar-refractivity contribution is -0.146. The van der Waals surface area contributed by atoms with Gasteiger partial charge >= 0.3 is 5.97 Å². The Bertz CT molecular complexity index is 949. The van der Waals surface area contributed by atoms with E-state index in [9.17, 15) is 14.7 Å². The van der Waals surface area contributed by atoms with Gasteiger partial charge in [0, 0.05) is 32.9 Å². The molecule has 11 heteroatoms. The lowest BCUT2D eigenvalue weighted by Crippen LogP contribution is -2.35. The second-order valence-corrected chi connectivity index (χ2v) is 6.55. The molecule has 28 heavy (non-hydrogen) atoms. The molecule has 1 aliphatic heterocycles. The molecule has 1 aliphatic rings. The van der Waals surface area contributed by atoms with E-state index in [1.165, 1.54) is 13.4 Å². The standard InChI is InChI=1S/C17H18ClN5O5/c1-3-17(8-24,27-2)6-7-23-9-19-12-13(21-16(18)22-14(12)23)20-15(26)10-4-5-11(25)28-10/h1,9-10,24H,4-8H2,2H3,(H,20,21,22,26)/t10-,17?/m1/s1. The van der Waals surface area contributed by atoms with Crippen molar-refractivity contribution in [1.82, 2.24) is 19.5 Å². The zero-order valence-corrected chi connectivity index (χ0v) is 15.8. The number of esters is 1. The van der Waals surface area contributed by atoms with Gasteiger partial charge in [-0.2, -0.15) is 9.97 Å². The van der Waals surface area contributed by atoms with Gasteiger partial charge in [-0.3, -0.25) is 9.59 Å². The number of hydrogen-bond acceptors (Lipinski definition) is 8. The van der Waals surface area contributed by atoms with Crippen LogP contribution in [0.1, 0.15) is 19.3 Å². The molecular weight excluding hydrogens is 390 g/mol. The number of nitrogens with one attached hydrogen (secondary N) is 1. The molecule has 0 saturated carbocycles. The molecule has 2 aromatic rings. The molecule has 0 bridgehead atoms. The van der Waals surface area contributed by atoms with Crippen molar-refractivity contribution in [3.8, 4) is 12.3 Å². The molecule has 1 fully saturated rings. The number of halogens is 1. The third-order valence-electron chi connectivity index (χ3n) is 4.52. The van der Waals surface area contributed by atoms with Gasteiger partial charge in [0.15, 0.2) is 28.7 Å². The Labute approximate surface area is 165 Å². The molecule has 2 N–H and O–H groups in total. The summed E-state index contributed by atoms with van der Waals surface area (Å²) in [6, 6.07) is 0. The van der Waals surface area contributed by atoms with Crippen LogP contribution < -0.4 is 5.32 Å². The van der Waals surface area contributed by atoms with Crippen molar-refractivity contribution in [2.45, 2.75) is 37.5 Å². The highest BCUT2D eigenvalue weighted by Gasteiger charge is 2.31. The Morgan fingerprint density at radius 2 is 2.39 bits per heavy atom. The van der Waals surface area contributed by atoms with E-state index >= 15 is 0 Å². The number of ether oxygens (including phenoxy) is 2. The quantitative estimate of drug-likeness (QED) is 0.386. The highest BCUT2D eigenvalue weighted by Crippen LogP contribution is 2.24. The minimum absolute atomic E-state index is 0.0925. The zero-order valence-electron chi connectivity index (χ0n) is 15.0. The largest absolute Gasteiger partial charge is 0.452 e. The molecular formula is C17H18ClN5O5. The molecule has 0 aliphatic carbocycles. The van der Waals surface area contributed by atoms with Crippen molar-refractivity contribution in [2.24, 2.45) is 0 Å². The fraction of sp³-hybridized carbons (Fsp3) is 0.471. The molecule has 148 valence electrons. The van der Waals surface area contributed by atoms with Crippen LogP contribution in [0.15, 0.2) is 6.33 Å². The van der Waals surface area contributed by atoms with Crippen molar-refractivity contribution < 1.29 is 24.2 Å². The number of aromatic nitrogens is 4. The molecule has 0 aromatic carbocycles. The van der Waals surface area contributed by atoms with Gasteiger partial charge in [-0.05, 0) is 11.6 Å². The summed E-state index contributed by atoms with van der Waals surface area (Å²) in [5.74, 6) is 1.62. The summed E-state index contributed by atoms with van der Waals surface area (Å²) in [7, 11) is 1.42. The minimum atomic E-state index is -1.13. The smallest absolute Gasteiger partial charge is 0.306 e. The Morgan fingerprint density at radius 3 is 3.00 bits per heavy atom. The number of carbonyl (C=O) groups is 2. The summed E-state index contributed by atoms with van der Waals surface area (Å²) in [4.78, 5) is 35.9. The van der Waals surface area contributed by atoms with E-state index in [4.69, 9.17) is 27.5 Å². The molecule has 1 saturated heterocycles. The van der Waals surface area contributed by atoms with Crippen LogP contribution in [0, 0.1) is 12.3 Å². The van der Waals surface area contributed by atoms with E-state index in [2.05, 4.69) is 26.2 Å². The summed E-state index contributed by atoms with van der Waals surface area (Å²) in [5.41, 5.74) is -0.440. The number of amides is 1. The van der Waals surface area contributed by atoms with Crippen LogP contribution in [0.3, 0.4) is 0 Å². The van der Waals surface area contributed by atoms with E-state index in [-0.39, 0.29) is 24.1 Å². The number of rotatable bonds is 7. The molecule has 0 radical (unpaired) electrons. The summed E-state index contributed by atoms with van der Waals surface area (Å²) in [5, 5.41) is 12.0. The van der Waals surface area contributed by atoms with Crippen LogP contribution in [0.2, 0.25) is 5.28 Å². The lowest BCUT2D eigenvalue weighted by Gasteiger charge is -2.24. The molecule has 2 atom stereocenters. The zero-order chi connectivity index (χ0) is 20.3. The average Bonchev–Trinajstić information content (AvgIpc) is 3.30. The molecule has 1 unspecified atom stereocenters. The second kappa shape index (κ2) is 8.10. The first-order valence-corrected chi connectivity index (χ1v) is 8.81. The van der Waals surface area contributed by atoms with Crippen LogP contribution in [0.25, 0.3) is 11.2 Å². The number of methoxy groups -OCH3 is 1. The highest BCUT2D eigenvalue weighted by atomic mass is 35.5. The van der Waals surface area contributed by atoms with Crippen molar-refractivity contribution in [1.29, 1.82) is 0 Å². The first-order valence-electron chi connectivity index (χ1n) is 8.44. The maximum atomic E-state index is 12.3. The van der Waals surface area contributed by atoms with Crippen LogP contribution in [-0.2, 0) is 25.6 Å². The van der Waals surface area contributed by atoms with Crippen molar-refractivity contribution in [3.63, 3.8) is 0 Å². The normalized spacial score (nSPS) is 18.5. The summed E-state index contributed by atoms with van der Waals surface area (Å²) in [6.45, 7) is -0.0140. The topological polar surface area (TPSA) is 128 Å². The lowest BCUT2D eigenvalue weighted by atomic mass is 10.0. The number of fused-ring (bicyclic) bond motifs is 1. The van der Waals surface area contributed by atoms with Crippen molar-refractivity contribution >= 4 is 40.5 Å². The number of nitrogens with zero attached hydrogens (tertiary/aromatic N) is 4. The highest BCUT2D eigenvalue weighted by molar-refractivity contribution is 6.28. The second-order valence-electron chi connectivity index (χ2n) is 6.21. The fourth-order valence-corrected chi connectivity index (χ4v) is 2.96. The van der Waals surface area contributed by atoms with Gasteiger partial charge in [-0.1, -0.05) is 5.92 Å². The van der Waals surface area contributed by atoms with Gasteiger partial charge in [0.05, 0.1) is 12.9 Å². The van der Waals surface area contributed by atoms with E-state index in [1.807, 2.05) is 0 Å². The molecule has 3 rings (SSSR count). The number of anilines is 1. The predicted molar refractivity (Wildman–Crippen MR) is 98.4 cm³/mol. The van der Waals surface area contributed by atoms with Crippen LogP contribution in [0.5, 0.6) is 0 Å². The fourth-order valence-electron chi connectivity index (χ4n) is 2.80. The Kier molecular flexibility index (Phi) is 5.79. The number of aryl methyl sites for hydroxylation is 1. The third-order valence-corrected chi connectivity index (χ3v) is 4.69. The van der Waals surface area contributed by atoms with E-state index in [1.54, 1.807) is 4.57 Å². The summed E-state index contributed by atoms with van der Waals surface area (Å²) in [6.07, 6.45) is 6.87. The van der Waals surface area contributed by atoms with Crippen LogP contribution in [-0.4, -0.2) is 61.9 Å². The third kappa shape index (κ3) is 3.91. The molecule has 2 aromatic heterocycles. The number of aliphatic hydroxyl groups excluding tert-OH is 1. The maximum absolute atomic E-state index is 12.3. The van der Waals surface area contributed by atoms with Gasteiger partial charge in [-0.25, -0.2) is 4.98 Å². The van der Waals surface area contributed by atoms with Gasteiger partial charge in [-0.15, -0.1) is 6.42 Å². The van der Waals surface area contributed by atoms with E-state index in [0.29, 0.717) is 30.6 Å². The number of imidazole rings is 1. The monoisotopic (exact) mass is 407 g/mol. The average molecular weight is 408 g/mol. The van der Waals surface area contributed by atoms with E-state index in [0.717, 1.165) is 0 Å². The van der Waals surface area contributed by atoms with Gasteiger partial charge in [0.1, 0.15) is 0 Å². The molecule has 1 amide bonds. The number of aliphatic hydroxyl groups is 1. The van der Waals surface area contributed by atoms with Crippen LogP contribution >= 0.6 is 11.6 Å². The molecule has 0 spiro atoms. The van der Waals surface area contributed by atoms with E-state index < -0.39 is 23.6 Å². The minimum Gasteiger partial charge on any atom is -0.452 e. The van der Waals surface area contributed by atoms with Gasteiger partial charge < -0.3 is 24.5 Å². The summed E-state index contributed by atoms with van der Waals surface area (Å²) >= 11 is 5.99. The SMILES string of the molecule is C#CC(CO)(CCn1cnc2c(NC(=O)[C@H]3CCC(=O)O3)nc(Cl)nc21)OC. The first kappa shape index (κ1) is 20.0. The van der Waals surface area contributed by atoms with Gasteiger partial charge in [0.25, 0.3) is 5.91 Å². The number of cyclic esters (lactones) is 1. The molecule has 10 nitrogen and oxygen atoms in total.